The Bertz CT molecular complexity index is 551. The summed E-state index contributed by atoms with van der Waals surface area (Å²) in [7, 11) is 0. The molecule has 21 heavy (non-hydrogen) atoms. The molecule has 0 saturated carbocycles. The number of amides is 4. The van der Waals surface area contributed by atoms with Gasteiger partial charge in [0.1, 0.15) is 0 Å². The van der Waals surface area contributed by atoms with Crippen molar-refractivity contribution in [2.75, 3.05) is 19.6 Å². The minimum Gasteiger partial charge on any atom is -0.338 e. The molecule has 0 atom stereocenters. The van der Waals surface area contributed by atoms with Crippen LogP contribution >= 0.6 is 0 Å². The van der Waals surface area contributed by atoms with Crippen LogP contribution in [0.25, 0.3) is 0 Å². The van der Waals surface area contributed by atoms with E-state index < -0.39 is 0 Å². The number of hydrogen-bond acceptors (Lipinski definition) is 4. The van der Waals surface area contributed by atoms with Crippen molar-refractivity contribution in [3.05, 3.63) is 30.1 Å². The largest absolute Gasteiger partial charge is 0.338 e. The summed E-state index contributed by atoms with van der Waals surface area (Å²) in [6.07, 6.45) is 4.42. The Balaban J connectivity index is 1.62. The molecule has 4 amide bonds. The van der Waals surface area contributed by atoms with Gasteiger partial charge in [0.15, 0.2) is 0 Å². The summed E-state index contributed by atoms with van der Waals surface area (Å²) >= 11 is 0. The number of hydrogen-bond donors (Lipinski definition) is 1. The molecule has 2 aliphatic rings. The fourth-order valence-electron chi connectivity index (χ4n) is 2.81. The standard InChI is InChI=1S/C14H16N4O3/c19-12-9-16-14(21)18(12)11-3-7-17(8-4-11)13(20)10-1-5-15-6-2-10/h1-2,5-6,11H,3-4,7-9H2,(H,16,21). The highest BCUT2D eigenvalue weighted by molar-refractivity contribution is 6.02. The monoisotopic (exact) mass is 288 g/mol. The van der Waals surface area contributed by atoms with Crippen LogP contribution in [0, 0.1) is 0 Å². The first kappa shape index (κ1) is 13.5. The van der Waals surface area contributed by atoms with Crippen molar-refractivity contribution in [1.82, 2.24) is 20.1 Å². The van der Waals surface area contributed by atoms with Gasteiger partial charge in [-0.2, -0.15) is 0 Å². The van der Waals surface area contributed by atoms with Gasteiger partial charge in [-0.1, -0.05) is 0 Å². The zero-order valence-electron chi connectivity index (χ0n) is 11.5. The van der Waals surface area contributed by atoms with Crippen LogP contribution in [-0.2, 0) is 4.79 Å². The van der Waals surface area contributed by atoms with Crippen molar-refractivity contribution in [3.63, 3.8) is 0 Å². The van der Waals surface area contributed by atoms with E-state index in [0.717, 1.165) is 0 Å². The fourth-order valence-corrected chi connectivity index (χ4v) is 2.81. The molecule has 0 bridgehead atoms. The molecule has 110 valence electrons. The van der Waals surface area contributed by atoms with E-state index in [9.17, 15) is 14.4 Å². The molecule has 7 heteroatoms. The van der Waals surface area contributed by atoms with Gasteiger partial charge in [-0.25, -0.2) is 4.79 Å². The van der Waals surface area contributed by atoms with Crippen LogP contribution < -0.4 is 5.32 Å². The molecular weight excluding hydrogens is 272 g/mol. The molecule has 2 aliphatic heterocycles. The first-order valence-electron chi connectivity index (χ1n) is 6.96. The summed E-state index contributed by atoms with van der Waals surface area (Å²) < 4.78 is 0. The number of nitrogens with zero attached hydrogens (tertiary/aromatic N) is 3. The topological polar surface area (TPSA) is 82.6 Å². The van der Waals surface area contributed by atoms with Gasteiger partial charge in [0.05, 0.1) is 6.54 Å². The molecule has 1 N–H and O–H groups in total. The molecule has 3 heterocycles. The normalized spacial score (nSPS) is 19.8. The molecule has 1 aromatic heterocycles. The molecule has 0 aromatic carbocycles. The maximum Gasteiger partial charge on any atom is 0.324 e. The second-order valence-electron chi connectivity index (χ2n) is 5.18. The van der Waals surface area contributed by atoms with E-state index in [1.165, 1.54) is 4.90 Å². The number of imide groups is 1. The van der Waals surface area contributed by atoms with Crippen LogP contribution in [0.3, 0.4) is 0 Å². The molecule has 0 unspecified atom stereocenters. The second kappa shape index (κ2) is 5.51. The highest BCUT2D eigenvalue weighted by atomic mass is 16.2. The number of rotatable bonds is 2. The molecular formula is C14H16N4O3. The second-order valence-corrected chi connectivity index (χ2v) is 5.18. The van der Waals surface area contributed by atoms with Crippen LogP contribution in [0.2, 0.25) is 0 Å². The molecule has 0 spiro atoms. The van der Waals surface area contributed by atoms with E-state index in [-0.39, 0.29) is 30.4 Å². The molecule has 2 fully saturated rings. The van der Waals surface area contributed by atoms with Crippen molar-refractivity contribution in [2.45, 2.75) is 18.9 Å². The highest BCUT2D eigenvalue weighted by Crippen LogP contribution is 2.20. The smallest absolute Gasteiger partial charge is 0.324 e. The number of likely N-dealkylation sites (tertiary alicyclic amines) is 1. The summed E-state index contributed by atoms with van der Waals surface area (Å²) in [6, 6.07) is 2.94. The number of carbonyl (C=O) groups excluding carboxylic acids is 3. The zero-order chi connectivity index (χ0) is 14.8. The number of carbonyl (C=O) groups is 3. The van der Waals surface area contributed by atoms with Crippen molar-refractivity contribution in [3.8, 4) is 0 Å². The average Bonchev–Trinajstić information content (AvgIpc) is 2.87. The van der Waals surface area contributed by atoms with Crippen LogP contribution in [0.5, 0.6) is 0 Å². The summed E-state index contributed by atoms with van der Waals surface area (Å²) in [4.78, 5) is 42.5. The molecule has 0 radical (unpaired) electrons. The van der Waals surface area contributed by atoms with Crippen molar-refractivity contribution >= 4 is 17.8 Å². The maximum atomic E-state index is 12.3. The van der Waals surface area contributed by atoms with E-state index in [1.807, 2.05) is 0 Å². The highest BCUT2D eigenvalue weighted by Gasteiger charge is 2.37. The average molecular weight is 288 g/mol. The zero-order valence-corrected chi connectivity index (χ0v) is 11.5. The Kier molecular flexibility index (Phi) is 3.55. The molecule has 3 rings (SSSR count). The molecule has 7 nitrogen and oxygen atoms in total. The van der Waals surface area contributed by atoms with Gasteiger partial charge < -0.3 is 10.2 Å². The van der Waals surface area contributed by atoms with Crippen LogP contribution in [-0.4, -0.2) is 58.3 Å². The van der Waals surface area contributed by atoms with E-state index in [1.54, 1.807) is 29.4 Å². The van der Waals surface area contributed by atoms with Gasteiger partial charge in [0.25, 0.3) is 5.91 Å². The lowest BCUT2D eigenvalue weighted by molar-refractivity contribution is -0.127. The number of urea groups is 1. The van der Waals surface area contributed by atoms with Gasteiger partial charge in [-0.05, 0) is 25.0 Å². The van der Waals surface area contributed by atoms with E-state index >= 15 is 0 Å². The van der Waals surface area contributed by atoms with Crippen molar-refractivity contribution in [2.24, 2.45) is 0 Å². The third-order valence-corrected chi connectivity index (χ3v) is 3.92. The predicted octanol–water partition coefficient (Wildman–Crippen LogP) is 0.238. The predicted molar refractivity (Wildman–Crippen MR) is 73.4 cm³/mol. The van der Waals surface area contributed by atoms with Gasteiger partial charge in [-0.15, -0.1) is 0 Å². The number of piperidine rings is 1. The fraction of sp³-hybridized carbons (Fsp3) is 0.429. The van der Waals surface area contributed by atoms with Gasteiger partial charge >= 0.3 is 6.03 Å². The summed E-state index contributed by atoms with van der Waals surface area (Å²) in [5.41, 5.74) is 0.610. The Morgan fingerprint density at radius 3 is 2.43 bits per heavy atom. The first-order valence-corrected chi connectivity index (χ1v) is 6.96. The SMILES string of the molecule is O=C(c1ccncc1)N1CCC(N2C(=O)CNC2=O)CC1. The van der Waals surface area contributed by atoms with E-state index in [0.29, 0.717) is 31.5 Å². The molecule has 1 aromatic rings. The lowest BCUT2D eigenvalue weighted by Gasteiger charge is -2.35. The Morgan fingerprint density at radius 1 is 1.19 bits per heavy atom. The van der Waals surface area contributed by atoms with Crippen molar-refractivity contribution < 1.29 is 14.4 Å². The third kappa shape index (κ3) is 2.58. The summed E-state index contributed by atoms with van der Waals surface area (Å²) in [5, 5.41) is 2.53. The summed E-state index contributed by atoms with van der Waals surface area (Å²) in [6.45, 7) is 1.17. The van der Waals surface area contributed by atoms with Gasteiger partial charge in [0.2, 0.25) is 5.91 Å². The first-order chi connectivity index (χ1) is 10.2. The minimum atomic E-state index is -0.320. The van der Waals surface area contributed by atoms with E-state index in [2.05, 4.69) is 10.3 Å². The van der Waals surface area contributed by atoms with Gasteiger partial charge in [-0.3, -0.25) is 19.5 Å². The Labute approximate surface area is 121 Å². The van der Waals surface area contributed by atoms with Crippen molar-refractivity contribution in [1.29, 1.82) is 0 Å². The Morgan fingerprint density at radius 2 is 1.86 bits per heavy atom. The lowest BCUT2D eigenvalue weighted by Crippen LogP contribution is -2.49. The molecule has 2 saturated heterocycles. The quantitative estimate of drug-likeness (QED) is 0.790. The third-order valence-electron chi connectivity index (χ3n) is 3.92. The van der Waals surface area contributed by atoms with Gasteiger partial charge in [0, 0.05) is 37.1 Å². The lowest BCUT2D eigenvalue weighted by atomic mass is 10.0. The number of aromatic nitrogens is 1. The summed E-state index contributed by atoms with van der Waals surface area (Å²) in [5.74, 6) is -0.216. The van der Waals surface area contributed by atoms with Crippen LogP contribution in [0.1, 0.15) is 23.2 Å². The maximum absolute atomic E-state index is 12.3. The molecule has 0 aliphatic carbocycles. The van der Waals surface area contributed by atoms with Crippen LogP contribution in [0.4, 0.5) is 4.79 Å². The Hall–Kier alpha value is -2.44. The number of nitrogens with one attached hydrogen (secondary N) is 1. The van der Waals surface area contributed by atoms with E-state index in [4.69, 9.17) is 0 Å². The number of pyridine rings is 1. The van der Waals surface area contributed by atoms with Crippen LogP contribution in [0.15, 0.2) is 24.5 Å². The minimum absolute atomic E-state index is 0.0342.